The van der Waals surface area contributed by atoms with Crippen LogP contribution in [0, 0.1) is 13.8 Å². The van der Waals surface area contributed by atoms with Gasteiger partial charge >= 0.3 is 0 Å². The molecule has 3 heterocycles. The summed E-state index contributed by atoms with van der Waals surface area (Å²) in [4.78, 5) is 17.1. The molecule has 0 spiro atoms. The van der Waals surface area contributed by atoms with E-state index < -0.39 is 0 Å². The fourth-order valence-corrected chi connectivity index (χ4v) is 3.60. The van der Waals surface area contributed by atoms with Gasteiger partial charge in [0.25, 0.3) is 5.91 Å². The van der Waals surface area contributed by atoms with Gasteiger partial charge in [0, 0.05) is 55.5 Å². The van der Waals surface area contributed by atoms with Crippen LogP contribution >= 0.6 is 15.9 Å². The molecule has 0 bridgehead atoms. The molecule has 0 aromatic carbocycles. The molecule has 0 N–H and O–H groups in total. The maximum atomic E-state index is 12.8. The van der Waals surface area contributed by atoms with Gasteiger partial charge in [0.1, 0.15) is 11.5 Å². The van der Waals surface area contributed by atoms with Crippen molar-refractivity contribution < 1.29 is 9.32 Å². The Morgan fingerprint density at radius 1 is 1.29 bits per heavy atom. The van der Waals surface area contributed by atoms with Crippen molar-refractivity contribution in [1.29, 1.82) is 0 Å². The number of halogens is 1. The molecule has 0 aliphatic carbocycles. The first-order chi connectivity index (χ1) is 11.5. The second kappa shape index (κ2) is 7.11. The van der Waals surface area contributed by atoms with Gasteiger partial charge in [-0.05, 0) is 42.8 Å². The maximum Gasteiger partial charge on any atom is 0.270 e. The van der Waals surface area contributed by atoms with E-state index in [-0.39, 0.29) is 5.91 Å². The molecular formula is C17H23BrN4O2. The third-order valence-corrected chi connectivity index (χ3v) is 5.08. The highest BCUT2D eigenvalue weighted by Gasteiger charge is 2.25. The summed E-state index contributed by atoms with van der Waals surface area (Å²) in [6.07, 6.45) is 1.96. The van der Waals surface area contributed by atoms with Gasteiger partial charge in [-0.2, -0.15) is 0 Å². The van der Waals surface area contributed by atoms with Crippen LogP contribution in [0.2, 0.25) is 0 Å². The fraction of sp³-hybridized carbons (Fsp3) is 0.529. The zero-order valence-electron chi connectivity index (χ0n) is 14.4. The van der Waals surface area contributed by atoms with Gasteiger partial charge in [-0.3, -0.25) is 9.69 Å². The van der Waals surface area contributed by atoms with Crippen LogP contribution in [0.15, 0.2) is 21.3 Å². The van der Waals surface area contributed by atoms with Gasteiger partial charge in [-0.15, -0.1) is 0 Å². The summed E-state index contributed by atoms with van der Waals surface area (Å²) in [5.41, 5.74) is 2.87. The Hall–Kier alpha value is -1.60. The van der Waals surface area contributed by atoms with Crippen molar-refractivity contribution in [2.24, 2.45) is 0 Å². The fourth-order valence-electron chi connectivity index (χ4n) is 3.14. The predicted molar refractivity (Wildman–Crippen MR) is 95.0 cm³/mol. The number of nitrogens with zero attached hydrogens (tertiary/aromatic N) is 4. The molecule has 24 heavy (non-hydrogen) atoms. The Kier molecular flexibility index (Phi) is 5.10. The molecule has 7 heteroatoms. The second-order valence-corrected chi connectivity index (χ2v) is 7.12. The summed E-state index contributed by atoms with van der Waals surface area (Å²) in [5.74, 6) is 0.996. The van der Waals surface area contributed by atoms with Crippen LogP contribution in [0.5, 0.6) is 0 Å². The minimum Gasteiger partial charge on any atom is -0.361 e. The normalized spacial score (nSPS) is 15.9. The molecule has 2 aromatic rings. The molecule has 6 nitrogen and oxygen atoms in total. The first kappa shape index (κ1) is 17.2. The van der Waals surface area contributed by atoms with Crippen LogP contribution < -0.4 is 0 Å². The van der Waals surface area contributed by atoms with Crippen molar-refractivity contribution in [2.45, 2.75) is 33.9 Å². The van der Waals surface area contributed by atoms with Gasteiger partial charge in [-0.25, -0.2) is 0 Å². The molecule has 1 amide bonds. The summed E-state index contributed by atoms with van der Waals surface area (Å²) in [6, 6.07) is 1.90. The minimum atomic E-state index is 0.111. The van der Waals surface area contributed by atoms with E-state index >= 15 is 0 Å². The van der Waals surface area contributed by atoms with Crippen molar-refractivity contribution in [3.63, 3.8) is 0 Å². The van der Waals surface area contributed by atoms with E-state index in [4.69, 9.17) is 4.52 Å². The highest BCUT2D eigenvalue weighted by molar-refractivity contribution is 9.10. The standard InChI is InChI=1S/C17H23BrN4O2/c1-4-21-10-14(18)9-16(21)17(23)22-7-5-20(6-8-22)11-15-12(2)19-24-13(15)3/h9-10H,4-8,11H2,1-3H3. The molecule has 130 valence electrons. The number of aromatic nitrogens is 2. The van der Waals surface area contributed by atoms with E-state index in [2.05, 4.69) is 26.0 Å². The van der Waals surface area contributed by atoms with Crippen LogP contribution in [0.1, 0.15) is 34.4 Å². The number of hydrogen-bond acceptors (Lipinski definition) is 4. The summed E-state index contributed by atoms with van der Waals surface area (Å²) < 4.78 is 8.17. The van der Waals surface area contributed by atoms with Gasteiger partial charge < -0.3 is 14.0 Å². The zero-order chi connectivity index (χ0) is 17.3. The van der Waals surface area contributed by atoms with Crippen molar-refractivity contribution >= 4 is 21.8 Å². The van der Waals surface area contributed by atoms with Gasteiger partial charge in [-0.1, -0.05) is 5.16 Å². The first-order valence-electron chi connectivity index (χ1n) is 8.28. The Morgan fingerprint density at radius 2 is 2.00 bits per heavy atom. The molecule has 0 atom stereocenters. The third kappa shape index (κ3) is 3.42. The lowest BCUT2D eigenvalue weighted by Crippen LogP contribution is -2.48. The van der Waals surface area contributed by atoms with Crippen LogP contribution in [0.25, 0.3) is 0 Å². The topological polar surface area (TPSA) is 54.5 Å². The van der Waals surface area contributed by atoms with Gasteiger partial charge in [0.15, 0.2) is 0 Å². The average molecular weight is 395 g/mol. The van der Waals surface area contributed by atoms with Crippen molar-refractivity contribution in [3.8, 4) is 0 Å². The Bertz CT molecular complexity index is 710. The number of amides is 1. The Morgan fingerprint density at radius 3 is 2.58 bits per heavy atom. The predicted octanol–water partition coefficient (Wildman–Crippen LogP) is 2.83. The van der Waals surface area contributed by atoms with Crippen LogP contribution in [-0.2, 0) is 13.1 Å². The number of hydrogen-bond donors (Lipinski definition) is 0. The van der Waals surface area contributed by atoms with E-state index in [1.807, 2.05) is 42.5 Å². The average Bonchev–Trinajstić information content (AvgIpc) is 3.11. The summed E-state index contributed by atoms with van der Waals surface area (Å²) >= 11 is 3.46. The van der Waals surface area contributed by atoms with Gasteiger partial charge in [0.05, 0.1) is 5.69 Å². The van der Waals surface area contributed by atoms with E-state index in [0.29, 0.717) is 0 Å². The van der Waals surface area contributed by atoms with Gasteiger partial charge in [0.2, 0.25) is 0 Å². The lowest BCUT2D eigenvalue weighted by molar-refractivity contribution is 0.0617. The second-order valence-electron chi connectivity index (χ2n) is 6.20. The number of piperazine rings is 1. The monoisotopic (exact) mass is 394 g/mol. The van der Waals surface area contributed by atoms with Crippen LogP contribution in [-0.4, -0.2) is 51.6 Å². The lowest BCUT2D eigenvalue weighted by atomic mass is 10.1. The molecule has 0 unspecified atom stereocenters. The molecule has 0 saturated carbocycles. The number of rotatable bonds is 4. The van der Waals surface area contributed by atoms with Crippen molar-refractivity contribution in [1.82, 2.24) is 19.5 Å². The number of aryl methyl sites for hydroxylation is 3. The maximum absolute atomic E-state index is 12.8. The highest BCUT2D eigenvalue weighted by Crippen LogP contribution is 2.19. The summed E-state index contributed by atoms with van der Waals surface area (Å²) in [6.45, 7) is 10.8. The quantitative estimate of drug-likeness (QED) is 0.799. The Labute approximate surface area is 150 Å². The van der Waals surface area contributed by atoms with Crippen LogP contribution in [0.3, 0.4) is 0 Å². The SMILES string of the molecule is CCn1cc(Br)cc1C(=O)N1CCN(Cc2c(C)noc2C)CC1. The molecule has 1 aliphatic rings. The Balaban J connectivity index is 1.61. The highest BCUT2D eigenvalue weighted by atomic mass is 79.9. The molecule has 2 aromatic heterocycles. The molecule has 1 saturated heterocycles. The zero-order valence-corrected chi connectivity index (χ0v) is 16.0. The van der Waals surface area contributed by atoms with Crippen LogP contribution in [0.4, 0.5) is 0 Å². The third-order valence-electron chi connectivity index (χ3n) is 4.65. The smallest absolute Gasteiger partial charge is 0.270 e. The summed E-state index contributed by atoms with van der Waals surface area (Å²) in [7, 11) is 0. The number of carbonyl (C=O) groups is 1. The van der Waals surface area contributed by atoms with E-state index in [1.54, 1.807) is 0 Å². The molecule has 0 radical (unpaired) electrons. The molecule has 1 fully saturated rings. The molecule has 1 aliphatic heterocycles. The summed E-state index contributed by atoms with van der Waals surface area (Å²) in [5, 5.41) is 4.01. The van der Waals surface area contributed by atoms with Crippen molar-refractivity contribution in [3.05, 3.63) is 39.4 Å². The lowest BCUT2D eigenvalue weighted by Gasteiger charge is -2.34. The van der Waals surface area contributed by atoms with E-state index in [0.717, 1.165) is 60.9 Å². The largest absolute Gasteiger partial charge is 0.361 e. The van der Waals surface area contributed by atoms with E-state index in [1.165, 1.54) is 5.56 Å². The van der Waals surface area contributed by atoms with E-state index in [9.17, 15) is 4.79 Å². The molecular weight excluding hydrogens is 372 g/mol. The minimum absolute atomic E-state index is 0.111. The molecule has 3 rings (SSSR count). The number of carbonyl (C=O) groups excluding carboxylic acids is 1. The first-order valence-corrected chi connectivity index (χ1v) is 9.08. The van der Waals surface area contributed by atoms with Crippen molar-refractivity contribution in [2.75, 3.05) is 26.2 Å².